The van der Waals surface area contributed by atoms with Crippen molar-refractivity contribution in [2.75, 3.05) is 31.2 Å². The fraction of sp³-hybridized carbons (Fsp3) is 0.306. The first-order chi connectivity index (χ1) is 20.5. The molecule has 0 bridgehead atoms. The first-order valence-electron chi connectivity index (χ1n) is 15.1. The van der Waals surface area contributed by atoms with Crippen LogP contribution in [0.1, 0.15) is 43.7 Å². The zero-order valence-electron chi connectivity index (χ0n) is 24.1. The molecule has 5 nitrogen and oxygen atoms in total. The second-order valence-electron chi connectivity index (χ2n) is 11.9. The van der Waals surface area contributed by atoms with Crippen LogP contribution in [0.15, 0.2) is 78.9 Å². The third-order valence-electron chi connectivity index (χ3n) is 9.17. The van der Waals surface area contributed by atoms with Gasteiger partial charge in [0.2, 0.25) is 0 Å². The number of morpholine rings is 1. The smallest absolute Gasteiger partial charge is 0.147 e. The maximum absolute atomic E-state index is 6.75. The molecule has 0 spiro atoms. The highest BCUT2D eigenvalue weighted by Gasteiger charge is 2.34. The highest BCUT2D eigenvalue weighted by atomic mass is 35.5. The van der Waals surface area contributed by atoms with Gasteiger partial charge in [-0.3, -0.25) is 4.57 Å². The lowest BCUT2D eigenvalue weighted by atomic mass is 9.73. The number of hydrogen-bond donors (Lipinski definition) is 1. The third-order valence-corrected chi connectivity index (χ3v) is 9.50. The Morgan fingerprint density at radius 1 is 0.929 bits per heavy atom. The summed E-state index contributed by atoms with van der Waals surface area (Å²) < 4.78 is 7.83. The van der Waals surface area contributed by atoms with Crippen molar-refractivity contribution in [3.63, 3.8) is 0 Å². The van der Waals surface area contributed by atoms with E-state index in [-0.39, 0.29) is 5.54 Å². The van der Waals surface area contributed by atoms with E-state index in [1.54, 1.807) is 0 Å². The number of allylic oxidation sites excluding steroid dienone is 2. The molecule has 2 N–H and O–H groups in total. The van der Waals surface area contributed by atoms with Gasteiger partial charge in [-0.05, 0) is 90.8 Å². The van der Waals surface area contributed by atoms with E-state index in [1.807, 2.05) is 24.3 Å². The topological polar surface area (TPSA) is 56.3 Å². The summed E-state index contributed by atoms with van der Waals surface area (Å²) in [7, 11) is 0. The molecule has 42 heavy (non-hydrogen) atoms. The Bertz CT molecular complexity index is 1760. The van der Waals surface area contributed by atoms with Gasteiger partial charge in [0.15, 0.2) is 0 Å². The molecule has 2 aliphatic carbocycles. The zero-order valence-corrected chi connectivity index (χ0v) is 24.9. The highest BCUT2D eigenvalue weighted by Crippen LogP contribution is 2.39. The van der Waals surface area contributed by atoms with Crippen LogP contribution in [0.4, 0.5) is 5.69 Å². The molecule has 2 fully saturated rings. The zero-order chi connectivity index (χ0) is 28.7. The second kappa shape index (κ2) is 11.2. The lowest BCUT2D eigenvalue weighted by Gasteiger charge is -2.38. The van der Waals surface area contributed by atoms with E-state index < -0.39 is 0 Å². The fourth-order valence-electron chi connectivity index (χ4n) is 6.47. The summed E-state index contributed by atoms with van der Waals surface area (Å²) >= 11 is 6.75. The van der Waals surface area contributed by atoms with Crippen molar-refractivity contribution in [2.45, 2.75) is 38.1 Å². The normalized spacial score (nSPS) is 19.8. The number of fused-ring (bicyclic) bond motifs is 1. The molecule has 0 amide bonds. The number of aromatic nitrogens is 2. The van der Waals surface area contributed by atoms with Crippen molar-refractivity contribution < 1.29 is 4.74 Å². The minimum Gasteiger partial charge on any atom is -0.378 e. The number of hydrogen-bond acceptors (Lipinski definition) is 4. The summed E-state index contributed by atoms with van der Waals surface area (Å²) in [6, 6.07) is 25.6. The maximum Gasteiger partial charge on any atom is 0.147 e. The van der Waals surface area contributed by atoms with Gasteiger partial charge in [-0.15, -0.1) is 0 Å². The standard InChI is InChI=1S/C36H37ClN4O/c1-25-10-17-34-33(16-15-30(25)26-6-4-7-29(24-26)40-20-22-42-23-21-40)39-35(31-8-2-3-9-32(31)37)41(34)28-13-11-27(12-14-28)36(38)18-5-19-36/h2-4,6-9,11-17,24-25H,5,10,18-23,38H2,1H3. The van der Waals surface area contributed by atoms with Crippen molar-refractivity contribution in [3.8, 4) is 17.1 Å². The molecule has 7 rings (SSSR count). The number of benzene rings is 3. The molecule has 1 aliphatic heterocycles. The van der Waals surface area contributed by atoms with Gasteiger partial charge in [0.05, 0.1) is 28.9 Å². The van der Waals surface area contributed by atoms with Gasteiger partial charge in [-0.1, -0.05) is 67.1 Å². The Morgan fingerprint density at radius 3 is 2.45 bits per heavy atom. The molecule has 1 aromatic heterocycles. The predicted octanol–water partition coefficient (Wildman–Crippen LogP) is 6.05. The minimum atomic E-state index is -0.191. The van der Waals surface area contributed by atoms with Gasteiger partial charge in [-0.25, -0.2) is 4.98 Å². The van der Waals surface area contributed by atoms with Gasteiger partial charge in [0, 0.05) is 35.6 Å². The van der Waals surface area contributed by atoms with Crippen LogP contribution < -0.4 is 21.3 Å². The maximum atomic E-state index is 6.75. The number of anilines is 1. The van der Waals surface area contributed by atoms with E-state index >= 15 is 0 Å². The van der Waals surface area contributed by atoms with Crippen LogP contribution in [0.2, 0.25) is 5.02 Å². The van der Waals surface area contributed by atoms with Crippen molar-refractivity contribution in [1.29, 1.82) is 0 Å². The van der Waals surface area contributed by atoms with Crippen LogP contribution >= 0.6 is 11.6 Å². The number of rotatable bonds is 5. The molecule has 3 aromatic carbocycles. The van der Waals surface area contributed by atoms with Gasteiger partial charge >= 0.3 is 0 Å². The largest absolute Gasteiger partial charge is 0.378 e. The average molecular weight is 577 g/mol. The van der Waals surface area contributed by atoms with Crippen molar-refractivity contribution in [3.05, 3.63) is 106 Å². The third kappa shape index (κ3) is 5.00. The van der Waals surface area contributed by atoms with Crippen LogP contribution in [0.25, 0.3) is 34.8 Å². The van der Waals surface area contributed by atoms with Crippen LogP contribution in [-0.4, -0.2) is 35.9 Å². The monoisotopic (exact) mass is 576 g/mol. The first-order valence-corrected chi connectivity index (χ1v) is 15.5. The Balaban J connectivity index is 1.35. The van der Waals surface area contributed by atoms with E-state index in [9.17, 15) is 0 Å². The van der Waals surface area contributed by atoms with Gasteiger partial charge in [0.1, 0.15) is 5.82 Å². The molecule has 1 saturated heterocycles. The van der Waals surface area contributed by atoms with Gasteiger partial charge in [-0.2, -0.15) is 0 Å². The Kier molecular flexibility index (Phi) is 7.27. The van der Waals surface area contributed by atoms with E-state index in [0.29, 0.717) is 10.9 Å². The Morgan fingerprint density at radius 2 is 1.71 bits per heavy atom. The number of imidazole rings is 1. The lowest BCUT2D eigenvalue weighted by Crippen LogP contribution is -2.43. The molecule has 4 aromatic rings. The fourth-order valence-corrected chi connectivity index (χ4v) is 6.69. The molecule has 1 atom stereocenters. The number of nitrogens with zero attached hydrogens (tertiary/aromatic N) is 3. The summed E-state index contributed by atoms with van der Waals surface area (Å²) in [6.45, 7) is 5.72. The minimum absolute atomic E-state index is 0.191. The molecule has 3 aliphatic rings. The van der Waals surface area contributed by atoms with E-state index in [0.717, 1.165) is 73.3 Å². The number of nitrogens with two attached hydrogens (primary N) is 1. The number of ether oxygens (including phenoxy) is 1. The summed E-state index contributed by atoms with van der Waals surface area (Å²) in [5, 5.41) is 2.72. The van der Waals surface area contributed by atoms with Crippen molar-refractivity contribution in [1.82, 2.24) is 9.55 Å². The van der Waals surface area contributed by atoms with Crippen LogP contribution in [-0.2, 0) is 10.3 Å². The molecule has 6 heteroatoms. The summed E-state index contributed by atoms with van der Waals surface area (Å²) in [5.74, 6) is 1.18. The molecule has 2 heterocycles. The molecular weight excluding hydrogens is 540 g/mol. The average Bonchev–Trinajstić information content (AvgIpc) is 3.36. The lowest BCUT2D eigenvalue weighted by molar-refractivity contribution is 0.122. The van der Waals surface area contributed by atoms with E-state index in [4.69, 9.17) is 27.1 Å². The van der Waals surface area contributed by atoms with Gasteiger partial charge in [0.25, 0.3) is 0 Å². The Labute approximate surface area is 252 Å². The summed E-state index contributed by atoms with van der Waals surface area (Å²) in [4.78, 5) is 7.61. The summed E-state index contributed by atoms with van der Waals surface area (Å²) in [6.07, 6.45) is 11.0. The van der Waals surface area contributed by atoms with Crippen LogP contribution in [0, 0.1) is 5.92 Å². The number of halogens is 1. The molecule has 0 radical (unpaired) electrons. The van der Waals surface area contributed by atoms with Gasteiger partial charge < -0.3 is 15.4 Å². The van der Waals surface area contributed by atoms with Crippen LogP contribution in [0.3, 0.4) is 0 Å². The first kappa shape index (κ1) is 27.2. The Hall–Kier alpha value is -3.64. The quantitative estimate of drug-likeness (QED) is 0.314. The predicted molar refractivity (Wildman–Crippen MR) is 173 cm³/mol. The molecule has 214 valence electrons. The molecule has 1 saturated carbocycles. The SMILES string of the molecule is CC1CC=c2c(nc(-c3ccccc3Cl)n2-c2ccc(C3(N)CCC3)cc2)=CC=C1c1cccc(N2CCOCC2)c1. The van der Waals surface area contributed by atoms with Crippen molar-refractivity contribution >= 4 is 35.0 Å². The van der Waals surface area contributed by atoms with Crippen LogP contribution in [0.5, 0.6) is 0 Å². The highest BCUT2D eigenvalue weighted by molar-refractivity contribution is 6.33. The van der Waals surface area contributed by atoms with E-state index in [2.05, 4.69) is 83.1 Å². The molecule has 1 unspecified atom stereocenters. The second-order valence-corrected chi connectivity index (χ2v) is 12.3. The molecular formula is C36H37ClN4O. The summed E-state index contributed by atoms with van der Waals surface area (Å²) in [5.41, 5.74) is 13.5. The van der Waals surface area contributed by atoms with E-state index in [1.165, 1.54) is 28.8 Å². The van der Waals surface area contributed by atoms with Crippen molar-refractivity contribution in [2.24, 2.45) is 11.7 Å².